The van der Waals surface area contributed by atoms with E-state index in [0.717, 1.165) is 10.1 Å². The number of fused-ring (bicyclic) bond motifs is 1. The predicted octanol–water partition coefficient (Wildman–Crippen LogP) is 1.45. The third kappa shape index (κ3) is 2.89. The minimum atomic E-state index is -0.594. The maximum absolute atomic E-state index is 12.0. The van der Waals surface area contributed by atoms with Crippen molar-refractivity contribution >= 4 is 17.6 Å². The van der Waals surface area contributed by atoms with E-state index in [1.165, 1.54) is 12.1 Å². The van der Waals surface area contributed by atoms with Crippen LogP contribution in [-0.2, 0) is 0 Å². The van der Waals surface area contributed by atoms with Crippen LogP contribution >= 0.6 is 0 Å². The molecule has 1 aromatic carbocycles. The summed E-state index contributed by atoms with van der Waals surface area (Å²) in [5, 5.41) is 12.5. The molecule has 2 N–H and O–H groups in total. The Morgan fingerprint density at radius 2 is 1.87 bits per heavy atom. The monoisotopic (exact) mass is 310 g/mol. The molecule has 23 heavy (non-hydrogen) atoms. The largest absolute Gasteiger partial charge is 0.507 e. The van der Waals surface area contributed by atoms with E-state index in [1.54, 1.807) is 19.1 Å². The number of nitrogens with zero attached hydrogens (tertiary/aromatic N) is 3. The molecular weight excluding hydrogens is 296 g/mol. The Hall–Kier alpha value is -3.22. The fraction of sp³-hybridized carbons (Fsp3) is 0.125. The second kappa shape index (κ2) is 5.53. The molecular formula is C16H14N4O3. The minimum absolute atomic E-state index is 0.0272. The highest BCUT2D eigenvalue weighted by molar-refractivity contribution is 5.75. The summed E-state index contributed by atoms with van der Waals surface area (Å²) < 4.78 is 0.968. The molecule has 0 aliphatic rings. The molecule has 0 saturated carbocycles. The van der Waals surface area contributed by atoms with Gasteiger partial charge in [0.1, 0.15) is 11.5 Å². The van der Waals surface area contributed by atoms with Gasteiger partial charge in [-0.1, -0.05) is 29.8 Å². The number of H-pyrrole nitrogens is 1. The highest BCUT2D eigenvalue weighted by Gasteiger charge is 2.08. The van der Waals surface area contributed by atoms with Crippen LogP contribution in [-0.4, -0.2) is 24.7 Å². The molecule has 0 spiro atoms. The first-order chi connectivity index (χ1) is 10.9. The lowest BCUT2D eigenvalue weighted by atomic mass is 10.1. The third-order valence-corrected chi connectivity index (χ3v) is 3.32. The van der Waals surface area contributed by atoms with Gasteiger partial charge in [0.2, 0.25) is 0 Å². The zero-order valence-corrected chi connectivity index (χ0v) is 12.6. The Balaban J connectivity index is 2.14. The molecule has 2 heterocycles. The summed E-state index contributed by atoms with van der Waals surface area (Å²) in [7, 11) is 0. The lowest BCUT2D eigenvalue weighted by Crippen LogP contribution is -2.26. The van der Waals surface area contributed by atoms with Gasteiger partial charge < -0.3 is 5.11 Å². The number of hydrogen-bond acceptors (Lipinski definition) is 5. The van der Waals surface area contributed by atoms with E-state index in [1.807, 2.05) is 19.1 Å². The Bertz CT molecular complexity index is 1030. The first-order valence-corrected chi connectivity index (χ1v) is 6.92. The number of nitrogens with one attached hydrogen (secondary N) is 1. The van der Waals surface area contributed by atoms with E-state index in [4.69, 9.17) is 0 Å². The number of benzene rings is 1. The van der Waals surface area contributed by atoms with Crippen molar-refractivity contribution in [1.82, 2.24) is 19.6 Å². The minimum Gasteiger partial charge on any atom is -0.507 e. The van der Waals surface area contributed by atoms with Crippen molar-refractivity contribution in [2.45, 2.75) is 13.8 Å². The van der Waals surface area contributed by atoms with Crippen molar-refractivity contribution < 1.29 is 5.11 Å². The van der Waals surface area contributed by atoms with E-state index < -0.39 is 11.1 Å². The summed E-state index contributed by atoms with van der Waals surface area (Å²) in [5.74, 6) is -0.0279. The molecule has 2 aromatic heterocycles. The van der Waals surface area contributed by atoms with Gasteiger partial charge in [0.15, 0.2) is 0 Å². The van der Waals surface area contributed by atoms with Gasteiger partial charge in [-0.25, -0.2) is 9.97 Å². The molecule has 0 radical (unpaired) electrons. The molecule has 7 heteroatoms. The van der Waals surface area contributed by atoms with Crippen LogP contribution in [0.1, 0.15) is 22.5 Å². The molecule has 3 rings (SSSR count). The fourth-order valence-corrected chi connectivity index (χ4v) is 2.11. The highest BCUT2D eigenvalue weighted by atomic mass is 16.3. The van der Waals surface area contributed by atoms with Crippen molar-refractivity contribution in [1.29, 1.82) is 0 Å². The van der Waals surface area contributed by atoms with Gasteiger partial charge in [0.25, 0.3) is 16.9 Å². The van der Waals surface area contributed by atoms with E-state index in [0.29, 0.717) is 11.3 Å². The average Bonchev–Trinajstić information content (AvgIpc) is 2.49. The number of aromatic nitrogens is 4. The quantitative estimate of drug-likeness (QED) is 0.698. The predicted molar refractivity (Wildman–Crippen MR) is 86.3 cm³/mol. The van der Waals surface area contributed by atoms with Crippen LogP contribution in [0, 0.1) is 13.8 Å². The molecule has 0 bridgehead atoms. The van der Waals surface area contributed by atoms with Crippen LogP contribution < -0.4 is 11.1 Å². The zero-order chi connectivity index (χ0) is 16.6. The molecule has 0 saturated heterocycles. The molecule has 0 aliphatic carbocycles. The number of aliphatic hydroxyl groups is 1. The maximum atomic E-state index is 12.0. The van der Waals surface area contributed by atoms with E-state index in [9.17, 15) is 14.7 Å². The summed E-state index contributed by atoms with van der Waals surface area (Å²) in [6, 6.07) is 8.47. The number of aromatic amines is 1. The number of aliphatic hydroxyl groups excluding tert-OH is 1. The van der Waals surface area contributed by atoms with Crippen molar-refractivity contribution in [3.8, 4) is 0 Å². The Labute approximate surface area is 130 Å². The van der Waals surface area contributed by atoms with E-state index >= 15 is 0 Å². The van der Waals surface area contributed by atoms with Crippen molar-refractivity contribution in [3.63, 3.8) is 0 Å². The molecule has 0 aliphatic heterocycles. The fourth-order valence-electron chi connectivity index (χ4n) is 2.11. The molecule has 0 unspecified atom stereocenters. The zero-order valence-electron chi connectivity index (χ0n) is 12.6. The summed E-state index contributed by atoms with van der Waals surface area (Å²) >= 11 is 0. The number of rotatable bonds is 2. The van der Waals surface area contributed by atoms with Gasteiger partial charge in [0, 0.05) is 23.4 Å². The molecule has 7 nitrogen and oxygen atoms in total. The SMILES string of the molecule is Cc1ccc(/C(O)=C/c2nc3nc(C)cc(=O)n3[nH]c2=O)cc1. The molecule has 0 fully saturated rings. The van der Waals surface area contributed by atoms with E-state index in [2.05, 4.69) is 15.1 Å². The first-order valence-electron chi connectivity index (χ1n) is 6.92. The molecule has 116 valence electrons. The van der Waals surface area contributed by atoms with Crippen LogP contribution in [0.5, 0.6) is 0 Å². The third-order valence-electron chi connectivity index (χ3n) is 3.32. The van der Waals surface area contributed by atoms with E-state index in [-0.39, 0.29) is 17.2 Å². The first kappa shape index (κ1) is 14.7. The Kier molecular flexibility index (Phi) is 3.53. The lowest BCUT2D eigenvalue weighted by Gasteiger charge is -2.03. The molecule has 3 aromatic rings. The van der Waals surface area contributed by atoms with Gasteiger partial charge >= 0.3 is 0 Å². The van der Waals surface area contributed by atoms with Crippen LogP contribution in [0.3, 0.4) is 0 Å². The van der Waals surface area contributed by atoms with Crippen molar-refractivity contribution in [2.24, 2.45) is 0 Å². The summed E-state index contributed by atoms with van der Waals surface area (Å²) in [6.45, 7) is 3.60. The Morgan fingerprint density at radius 1 is 1.17 bits per heavy atom. The average molecular weight is 310 g/mol. The van der Waals surface area contributed by atoms with Gasteiger partial charge in [-0.3, -0.25) is 14.7 Å². The Morgan fingerprint density at radius 3 is 2.57 bits per heavy atom. The molecule has 0 amide bonds. The normalized spacial score (nSPS) is 11.8. The van der Waals surface area contributed by atoms with Crippen LogP contribution in [0.25, 0.3) is 17.6 Å². The van der Waals surface area contributed by atoms with Gasteiger partial charge in [0.05, 0.1) is 0 Å². The second-order valence-electron chi connectivity index (χ2n) is 5.20. The lowest BCUT2D eigenvalue weighted by molar-refractivity contribution is 0.515. The van der Waals surface area contributed by atoms with Crippen LogP contribution in [0.15, 0.2) is 39.9 Å². The highest BCUT2D eigenvalue weighted by Crippen LogP contribution is 2.14. The van der Waals surface area contributed by atoms with Crippen LogP contribution in [0.2, 0.25) is 0 Å². The summed E-state index contributed by atoms with van der Waals surface area (Å²) in [4.78, 5) is 32.0. The maximum Gasteiger partial charge on any atom is 0.289 e. The molecule has 0 atom stereocenters. The standard InChI is InChI=1S/C16H14N4O3/c1-9-3-5-11(6-4-9)13(21)8-12-15(23)19-20-14(22)7-10(2)17-16(20)18-12/h3-8,21H,1-2H3,(H,19,23)/b13-8-. The topological polar surface area (TPSA) is 100 Å². The smallest absolute Gasteiger partial charge is 0.289 e. The van der Waals surface area contributed by atoms with Gasteiger partial charge in [-0.2, -0.15) is 4.52 Å². The van der Waals surface area contributed by atoms with Gasteiger partial charge in [-0.05, 0) is 13.8 Å². The van der Waals surface area contributed by atoms with Gasteiger partial charge in [-0.15, -0.1) is 0 Å². The van der Waals surface area contributed by atoms with Crippen LogP contribution in [0.4, 0.5) is 0 Å². The summed E-state index contributed by atoms with van der Waals surface area (Å²) in [6.07, 6.45) is 1.25. The number of aryl methyl sites for hydroxylation is 2. The van der Waals surface area contributed by atoms with Crippen molar-refractivity contribution in [3.05, 3.63) is 73.6 Å². The summed E-state index contributed by atoms with van der Waals surface area (Å²) in [5.41, 5.74) is 1.07. The number of hydrogen-bond donors (Lipinski definition) is 2. The van der Waals surface area contributed by atoms with Crippen molar-refractivity contribution in [2.75, 3.05) is 0 Å². The second-order valence-corrected chi connectivity index (χ2v) is 5.20.